The minimum Gasteiger partial charge on any atom is -0.508 e. The lowest BCUT2D eigenvalue weighted by Gasteiger charge is -2.12. The second-order valence-corrected chi connectivity index (χ2v) is 6.49. The summed E-state index contributed by atoms with van der Waals surface area (Å²) in [6.45, 7) is 0.924. The summed E-state index contributed by atoms with van der Waals surface area (Å²) in [7, 11) is 3.13. The lowest BCUT2D eigenvalue weighted by molar-refractivity contribution is -0.140. The van der Waals surface area contributed by atoms with Crippen LogP contribution in [-0.2, 0) is 19.0 Å². The number of alkyl halides is 3. The molecule has 0 amide bonds. The standard InChI is InChI=1S/C17H21F3N4O2S.HI/c1-21-16(22-7-5-11-3-4-12(26-2)9-13(11)25)23-8-6-15-24-14(10-27-15)17(18,19)20;/h3-4,9-10,25H,5-8H2,1-2H3,(H2,21,22,23);1H. The minimum absolute atomic E-state index is 0. The summed E-state index contributed by atoms with van der Waals surface area (Å²) in [5, 5.41) is 17.5. The molecule has 0 saturated heterocycles. The summed E-state index contributed by atoms with van der Waals surface area (Å²) >= 11 is 0.986. The molecule has 1 heterocycles. The van der Waals surface area contributed by atoms with Gasteiger partial charge < -0.3 is 20.5 Å². The van der Waals surface area contributed by atoms with Gasteiger partial charge in [0.15, 0.2) is 11.7 Å². The number of hydrogen-bond donors (Lipinski definition) is 3. The highest BCUT2D eigenvalue weighted by atomic mass is 127. The van der Waals surface area contributed by atoms with E-state index in [1.807, 2.05) is 0 Å². The van der Waals surface area contributed by atoms with Crippen molar-refractivity contribution >= 4 is 41.3 Å². The number of guanidine groups is 1. The Kier molecular flexibility index (Phi) is 9.79. The molecular weight excluding hydrogens is 508 g/mol. The van der Waals surface area contributed by atoms with Gasteiger partial charge in [-0.15, -0.1) is 35.3 Å². The number of rotatable bonds is 7. The number of nitrogens with one attached hydrogen (secondary N) is 2. The van der Waals surface area contributed by atoms with Crippen molar-refractivity contribution in [3.8, 4) is 11.5 Å². The lowest BCUT2D eigenvalue weighted by atomic mass is 10.1. The van der Waals surface area contributed by atoms with E-state index in [0.29, 0.717) is 42.6 Å². The second-order valence-electron chi connectivity index (χ2n) is 5.54. The topological polar surface area (TPSA) is 78.8 Å². The van der Waals surface area contributed by atoms with E-state index in [-0.39, 0.29) is 29.7 Å². The summed E-state index contributed by atoms with van der Waals surface area (Å²) in [4.78, 5) is 7.64. The lowest BCUT2D eigenvalue weighted by Crippen LogP contribution is -2.39. The highest BCUT2D eigenvalue weighted by Crippen LogP contribution is 2.30. The van der Waals surface area contributed by atoms with Gasteiger partial charge in [0.2, 0.25) is 0 Å². The van der Waals surface area contributed by atoms with E-state index >= 15 is 0 Å². The number of halogens is 4. The summed E-state index contributed by atoms with van der Waals surface area (Å²) < 4.78 is 42.6. The third-order valence-corrected chi connectivity index (χ3v) is 4.58. The fourth-order valence-corrected chi connectivity index (χ4v) is 3.07. The van der Waals surface area contributed by atoms with Crippen LogP contribution in [0.25, 0.3) is 0 Å². The Morgan fingerprint density at radius 1 is 1.25 bits per heavy atom. The second kappa shape index (κ2) is 11.3. The monoisotopic (exact) mass is 530 g/mol. The van der Waals surface area contributed by atoms with Gasteiger partial charge in [-0.25, -0.2) is 4.98 Å². The molecule has 0 fully saturated rings. The van der Waals surface area contributed by atoms with Gasteiger partial charge in [0, 0.05) is 38.0 Å². The average molecular weight is 530 g/mol. The van der Waals surface area contributed by atoms with Crippen molar-refractivity contribution in [2.75, 3.05) is 27.2 Å². The maximum Gasteiger partial charge on any atom is 0.434 e. The zero-order valence-electron chi connectivity index (χ0n) is 15.3. The van der Waals surface area contributed by atoms with Crippen molar-refractivity contribution < 1.29 is 23.0 Å². The smallest absolute Gasteiger partial charge is 0.434 e. The van der Waals surface area contributed by atoms with Gasteiger partial charge in [-0.1, -0.05) is 6.07 Å². The maximum atomic E-state index is 12.5. The van der Waals surface area contributed by atoms with Crippen LogP contribution >= 0.6 is 35.3 Å². The number of methoxy groups -OCH3 is 1. The summed E-state index contributed by atoms with van der Waals surface area (Å²) in [5.41, 5.74) is -0.0921. The molecular formula is C17H22F3IN4O2S. The molecule has 0 saturated carbocycles. The molecule has 0 spiro atoms. The number of aromatic nitrogens is 1. The zero-order chi connectivity index (χ0) is 19.9. The first-order valence-corrected chi connectivity index (χ1v) is 9.03. The van der Waals surface area contributed by atoms with Gasteiger partial charge in [0.25, 0.3) is 0 Å². The fourth-order valence-electron chi connectivity index (χ4n) is 2.26. The van der Waals surface area contributed by atoms with Crippen LogP contribution < -0.4 is 15.4 Å². The normalized spacial score (nSPS) is 11.7. The predicted molar refractivity (Wildman–Crippen MR) is 114 cm³/mol. The van der Waals surface area contributed by atoms with Crippen LogP contribution in [0, 0.1) is 0 Å². The van der Waals surface area contributed by atoms with Crippen molar-refractivity contribution in [1.82, 2.24) is 15.6 Å². The van der Waals surface area contributed by atoms with Gasteiger partial charge in [-0.2, -0.15) is 13.2 Å². The number of phenols is 1. The molecule has 28 heavy (non-hydrogen) atoms. The van der Waals surface area contributed by atoms with Crippen molar-refractivity contribution in [3.05, 3.63) is 39.8 Å². The first-order valence-electron chi connectivity index (χ1n) is 8.15. The number of benzene rings is 1. The van der Waals surface area contributed by atoms with Crippen molar-refractivity contribution in [2.45, 2.75) is 19.0 Å². The van der Waals surface area contributed by atoms with Crippen LogP contribution in [0.1, 0.15) is 16.3 Å². The number of hydrogen-bond acceptors (Lipinski definition) is 5. The number of phenolic OH excluding ortho intramolecular Hbond substituents is 1. The Morgan fingerprint density at radius 3 is 2.46 bits per heavy atom. The SMILES string of the molecule is CN=C(NCCc1nc(C(F)(F)F)cs1)NCCc1ccc(OC)cc1O.I. The number of nitrogens with zero attached hydrogens (tertiary/aromatic N) is 2. The number of ether oxygens (including phenoxy) is 1. The van der Waals surface area contributed by atoms with Crippen LogP contribution in [0.3, 0.4) is 0 Å². The van der Waals surface area contributed by atoms with Gasteiger partial charge in [0.05, 0.1) is 12.1 Å². The molecule has 3 N–H and O–H groups in total. The van der Waals surface area contributed by atoms with Crippen LogP contribution in [0.2, 0.25) is 0 Å². The molecule has 0 radical (unpaired) electrons. The van der Waals surface area contributed by atoms with Gasteiger partial charge in [-0.3, -0.25) is 4.99 Å². The molecule has 11 heteroatoms. The van der Waals surface area contributed by atoms with E-state index in [9.17, 15) is 18.3 Å². The highest BCUT2D eigenvalue weighted by molar-refractivity contribution is 14.0. The first kappa shape index (κ1) is 24.3. The van der Waals surface area contributed by atoms with E-state index < -0.39 is 11.9 Å². The number of thiazole rings is 1. The van der Waals surface area contributed by atoms with Crippen LogP contribution in [-0.4, -0.2) is 43.3 Å². The quantitative estimate of drug-likeness (QED) is 0.291. The molecule has 2 rings (SSSR count). The van der Waals surface area contributed by atoms with Gasteiger partial charge in [0.1, 0.15) is 11.5 Å². The van der Waals surface area contributed by atoms with E-state index in [1.165, 1.54) is 7.11 Å². The zero-order valence-corrected chi connectivity index (χ0v) is 18.5. The summed E-state index contributed by atoms with van der Waals surface area (Å²) in [6, 6.07) is 5.10. The van der Waals surface area contributed by atoms with Crippen LogP contribution in [0.5, 0.6) is 11.5 Å². The number of aliphatic imine (C=N–C) groups is 1. The molecule has 2 aromatic rings. The van der Waals surface area contributed by atoms with E-state index in [4.69, 9.17) is 4.74 Å². The van der Waals surface area contributed by atoms with Crippen molar-refractivity contribution in [1.29, 1.82) is 0 Å². The maximum absolute atomic E-state index is 12.5. The Balaban J connectivity index is 0.00000392. The van der Waals surface area contributed by atoms with Gasteiger partial charge in [-0.05, 0) is 18.1 Å². The molecule has 156 valence electrons. The van der Waals surface area contributed by atoms with Crippen molar-refractivity contribution in [3.63, 3.8) is 0 Å². The Bertz CT molecular complexity index is 784. The average Bonchev–Trinajstić information content (AvgIpc) is 3.11. The molecule has 1 aromatic carbocycles. The first-order chi connectivity index (χ1) is 12.8. The third kappa shape index (κ3) is 7.34. The van der Waals surface area contributed by atoms with E-state index in [0.717, 1.165) is 22.3 Å². The molecule has 0 aliphatic rings. The summed E-state index contributed by atoms with van der Waals surface area (Å²) in [5.74, 6) is 1.26. The molecule has 0 aliphatic heterocycles. The van der Waals surface area contributed by atoms with E-state index in [1.54, 1.807) is 25.2 Å². The highest BCUT2D eigenvalue weighted by Gasteiger charge is 2.33. The molecule has 0 unspecified atom stereocenters. The summed E-state index contributed by atoms with van der Waals surface area (Å²) in [6.07, 6.45) is -3.48. The minimum atomic E-state index is -4.41. The Labute approximate surface area is 182 Å². The Hall–Kier alpha value is -1.76. The van der Waals surface area contributed by atoms with Gasteiger partial charge >= 0.3 is 6.18 Å². The molecule has 0 bridgehead atoms. The van der Waals surface area contributed by atoms with Crippen molar-refractivity contribution in [2.24, 2.45) is 4.99 Å². The fraction of sp³-hybridized carbons (Fsp3) is 0.412. The van der Waals surface area contributed by atoms with Crippen LogP contribution in [0.15, 0.2) is 28.6 Å². The van der Waals surface area contributed by atoms with E-state index in [2.05, 4.69) is 20.6 Å². The molecule has 1 aromatic heterocycles. The number of aromatic hydroxyl groups is 1. The Morgan fingerprint density at radius 2 is 1.93 bits per heavy atom. The molecule has 6 nitrogen and oxygen atoms in total. The third-order valence-electron chi connectivity index (χ3n) is 3.68. The molecule has 0 aliphatic carbocycles. The van der Waals surface area contributed by atoms with Crippen LogP contribution in [0.4, 0.5) is 13.2 Å². The predicted octanol–water partition coefficient (Wildman–Crippen LogP) is 3.44. The largest absolute Gasteiger partial charge is 0.508 e. The molecule has 0 atom stereocenters.